The maximum absolute atomic E-state index is 5.49. The first-order valence-corrected chi connectivity index (χ1v) is 10.0. The Kier molecular flexibility index (Phi) is 24.9. The molecule has 0 aliphatic rings. The second-order valence-corrected chi connectivity index (χ2v) is 9.04. The number of hydrogen-bond acceptors (Lipinski definition) is 2. The molecule has 0 fully saturated rings. The number of unbranched alkanes of at least 4 members (excludes halogenated alkanes) is 5. The summed E-state index contributed by atoms with van der Waals surface area (Å²) in [5, 5.41) is 0. The van der Waals surface area contributed by atoms with Crippen LogP contribution in [0.15, 0.2) is 24.3 Å². The summed E-state index contributed by atoms with van der Waals surface area (Å²) in [7, 11) is 1.75. The zero-order chi connectivity index (χ0) is 14.0. The van der Waals surface area contributed by atoms with Gasteiger partial charge in [0.1, 0.15) is 0 Å². The fraction of sp³-hybridized carbons (Fsp3) is 0.579. The van der Waals surface area contributed by atoms with Crippen LogP contribution in [0, 0.1) is 22.3 Å². The Labute approximate surface area is 162 Å². The van der Waals surface area contributed by atoms with Gasteiger partial charge in [-0.2, -0.15) is 17.7 Å². The summed E-state index contributed by atoms with van der Waals surface area (Å²) >= 11 is 0. The third-order valence-electron chi connectivity index (χ3n) is 3.94. The molecule has 0 bridgehead atoms. The first-order chi connectivity index (χ1) is 9.20. The molecule has 4 heteroatoms. The molecule has 0 spiro atoms. The van der Waals surface area contributed by atoms with Gasteiger partial charge in [0.15, 0.2) is 0 Å². The van der Waals surface area contributed by atoms with Gasteiger partial charge >= 0.3 is 29.6 Å². The Morgan fingerprint density at radius 3 is 1.70 bits per heavy atom. The molecule has 0 aliphatic heterocycles. The zero-order valence-corrected chi connectivity index (χ0v) is 19.4. The summed E-state index contributed by atoms with van der Waals surface area (Å²) in [6.07, 6.45) is 9.18. The van der Waals surface area contributed by atoms with Crippen molar-refractivity contribution < 1.29 is 29.9 Å². The van der Waals surface area contributed by atoms with E-state index in [-0.39, 0.29) is 43.3 Å². The van der Waals surface area contributed by atoms with E-state index in [1.54, 1.807) is 14.2 Å². The van der Waals surface area contributed by atoms with Gasteiger partial charge in [0.25, 0.3) is 0 Å². The molecule has 1 aromatic rings. The van der Waals surface area contributed by atoms with Gasteiger partial charge in [0, 0.05) is 14.2 Å². The van der Waals surface area contributed by atoms with Crippen molar-refractivity contribution in [2.75, 3.05) is 14.2 Å². The summed E-state index contributed by atoms with van der Waals surface area (Å²) in [6, 6.07) is 9.82. The molecule has 0 radical (unpaired) electrons. The normalized spacial score (nSPS) is 9.87. The van der Waals surface area contributed by atoms with E-state index in [1.807, 2.05) is 0 Å². The van der Waals surface area contributed by atoms with Crippen LogP contribution in [0.1, 0.15) is 44.1 Å². The summed E-state index contributed by atoms with van der Waals surface area (Å²) in [5.41, 5.74) is 1.49. The van der Waals surface area contributed by atoms with Crippen molar-refractivity contribution in [2.24, 2.45) is 0 Å². The maximum Gasteiger partial charge on any atom is 4.00 e. The van der Waals surface area contributed by atoms with Crippen molar-refractivity contribution in [3.05, 3.63) is 52.1 Å². The summed E-state index contributed by atoms with van der Waals surface area (Å²) in [6.45, 7) is 2.15. The van der Waals surface area contributed by atoms with E-state index in [9.17, 15) is 0 Å². The molecule has 0 aromatic heterocycles. The minimum Gasteiger partial charge on any atom is -0.398 e. The van der Waals surface area contributed by atoms with Crippen molar-refractivity contribution in [1.82, 2.24) is 0 Å². The molecule has 0 saturated carbocycles. The van der Waals surface area contributed by atoms with Crippen LogP contribution in [0.4, 0.5) is 0 Å². The molecule has 0 atom stereocenters. The number of rotatable bonds is 11. The Bertz CT molecular complexity index is 311. The average molecular weight is 522 g/mol. The largest absolute Gasteiger partial charge is 4.00 e. The van der Waals surface area contributed by atoms with Crippen LogP contribution in [0.3, 0.4) is 0 Å². The predicted molar refractivity (Wildman–Crippen MR) is 103 cm³/mol. The van der Waals surface area contributed by atoms with Crippen molar-refractivity contribution in [3.63, 3.8) is 0 Å². The quantitative estimate of drug-likeness (QED) is 0.202. The van der Waals surface area contributed by atoms with Crippen LogP contribution >= 0.6 is 0 Å². The van der Waals surface area contributed by atoms with Crippen molar-refractivity contribution >= 4 is 8.56 Å². The molecule has 140 valence electrons. The summed E-state index contributed by atoms with van der Waals surface area (Å²) < 4.78 is 11.0. The molecular formula is C19H38O2PtSi. The van der Waals surface area contributed by atoms with Crippen LogP contribution in [0.5, 0.6) is 0 Å². The third kappa shape index (κ3) is 14.2. The van der Waals surface area contributed by atoms with Crippen LogP contribution < -0.4 is 0 Å². The van der Waals surface area contributed by atoms with Gasteiger partial charge < -0.3 is 31.1 Å². The summed E-state index contributed by atoms with van der Waals surface area (Å²) in [5.74, 6) is 0. The SMILES string of the molecule is CO[Si](C)(CCCCCCCC[c-]1cccc1)OC.[CH3-].[CH3-].[CH3-].[Pt+4]. The molecule has 0 aliphatic carbocycles. The van der Waals surface area contributed by atoms with E-state index < -0.39 is 8.56 Å². The second-order valence-electron chi connectivity index (χ2n) is 5.46. The van der Waals surface area contributed by atoms with Gasteiger partial charge in [0.2, 0.25) is 0 Å². The van der Waals surface area contributed by atoms with Gasteiger partial charge in [-0.3, -0.25) is 0 Å². The van der Waals surface area contributed by atoms with Gasteiger partial charge in [-0.15, -0.1) is 0 Å². The zero-order valence-electron chi connectivity index (χ0n) is 16.1. The van der Waals surface area contributed by atoms with Gasteiger partial charge in [-0.1, -0.05) is 44.9 Å². The molecule has 2 nitrogen and oxygen atoms in total. The molecule has 23 heavy (non-hydrogen) atoms. The van der Waals surface area contributed by atoms with Crippen molar-refractivity contribution in [2.45, 2.75) is 57.5 Å². The minimum absolute atomic E-state index is 0. The van der Waals surface area contributed by atoms with E-state index in [2.05, 4.69) is 30.8 Å². The molecule has 0 saturated heterocycles. The standard InChI is InChI=1S/C16H29O2Si.3CH3.Pt/c1-17-19(3,18-2)15-11-7-5-4-6-8-12-16-13-9-10-14-16;;;;/h9-10,13-14H,4-8,11-12,15H2,1-3H3;3*1H3;/q4*-1;+4. The maximum atomic E-state index is 5.49. The minimum atomic E-state index is -1.81. The first kappa shape index (κ1) is 31.0. The van der Waals surface area contributed by atoms with Crippen LogP contribution in [-0.2, 0) is 36.3 Å². The Morgan fingerprint density at radius 1 is 0.783 bits per heavy atom. The topological polar surface area (TPSA) is 18.5 Å². The van der Waals surface area contributed by atoms with Gasteiger partial charge in [-0.25, -0.2) is 12.1 Å². The first-order valence-electron chi connectivity index (χ1n) is 7.51. The molecule has 0 heterocycles. The average Bonchev–Trinajstić information content (AvgIpc) is 2.94. The second kappa shape index (κ2) is 18.5. The van der Waals surface area contributed by atoms with Crippen LogP contribution in [-0.4, -0.2) is 22.8 Å². The fourth-order valence-electron chi connectivity index (χ4n) is 2.35. The van der Waals surface area contributed by atoms with E-state index >= 15 is 0 Å². The van der Waals surface area contributed by atoms with E-state index in [4.69, 9.17) is 8.85 Å². The Hall–Kier alpha value is 0.175. The molecule has 1 aromatic carbocycles. The third-order valence-corrected chi connectivity index (χ3v) is 6.93. The number of aryl methyl sites for hydroxylation is 1. The fourth-order valence-corrected chi connectivity index (χ4v) is 3.82. The number of hydrogen-bond donors (Lipinski definition) is 0. The van der Waals surface area contributed by atoms with Crippen molar-refractivity contribution in [1.29, 1.82) is 0 Å². The van der Waals surface area contributed by atoms with Crippen LogP contribution in [0.2, 0.25) is 12.6 Å². The van der Waals surface area contributed by atoms with Gasteiger partial charge in [-0.05, 0) is 12.6 Å². The Morgan fingerprint density at radius 2 is 1.22 bits per heavy atom. The van der Waals surface area contributed by atoms with Gasteiger partial charge in [0.05, 0.1) is 0 Å². The molecule has 0 unspecified atom stereocenters. The molecule has 1 rings (SSSR count). The summed E-state index contributed by atoms with van der Waals surface area (Å²) in [4.78, 5) is 0. The predicted octanol–water partition coefficient (Wildman–Crippen LogP) is 6.00. The smallest absolute Gasteiger partial charge is 0.398 e. The van der Waals surface area contributed by atoms with E-state index in [0.29, 0.717) is 0 Å². The van der Waals surface area contributed by atoms with E-state index in [1.165, 1.54) is 50.5 Å². The molecule has 0 amide bonds. The van der Waals surface area contributed by atoms with E-state index in [0.717, 1.165) is 6.04 Å². The Balaban J connectivity index is -0.000000451. The van der Waals surface area contributed by atoms with Crippen LogP contribution in [0.25, 0.3) is 0 Å². The molecule has 0 N–H and O–H groups in total. The van der Waals surface area contributed by atoms with Crippen molar-refractivity contribution in [3.8, 4) is 0 Å². The molecular weight excluding hydrogens is 483 g/mol. The monoisotopic (exact) mass is 521 g/mol.